The molecule has 0 saturated carbocycles. The predicted octanol–water partition coefficient (Wildman–Crippen LogP) is 4.34. The number of nitrogens with one attached hydrogen (secondary N) is 1. The largest absolute Gasteiger partial charge is 0.482 e. The molecule has 0 radical (unpaired) electrons. The number of amides is 2. The molecule has 1 N–H and O–H groups in total. The fourth-order valence-corrected chi connectivity index (χ4v) is 4.90. The number of aromatic nitrogens is 4. The highest BCUT2D eigenvalue weighted by Gasteiger charge is 2.23. The number of esters is 1. The maximum atomic E-state index is 12.5. The average molecular weight is 505 g/mol. The quantitative estimate of drug-likeness (QED) is 0.415. The van der Waals surface area contributed by atoms with Crippen molar-refractivity contribution in [2.45, 2.75) is 46.2 Å². The summed E-state index contributed by atoms with van der Waals surface area (Å²) < 4.78 is 14.9. The van der Waals surface area contributed by atoms with Gasteiger partial charge in [-0.25, -0.2) is 19.6 Å². The van der Waals surface area contributed by atoms with E-state index in [2.05, 4.69) is 16.0 Å². The third-order valence-electron chi connectivity index (χ3n) is 6.90. The van der Waals surface area contributed by atoms with Crippen LogP contribution in [0.15, 0.2) is 30.3 Å². The molecule has 0 fully saturated rings. The fourth-order valence-electron chi connectivity index (χ4n) is 4.90. The Hall–Kier alpha value is -4.08. The van der Waals surface area contributed by atoms with Crippen LogP contribution < -0.4 is 10.1 Å². The molecule has 4 aromatic rings. The predicted molar refractivity (Wildman–Crippen MR) is 140 cm³/mol. The van der Waals surface area contributed by atoms with Gasteiger partial charge in [-0.3, -0.25) is 4.40 Å². The summed E-state index contributed by atoms with van der Waals surface area (Å²) in [4.78, 5) is 36.6. The van der Waals surface area contributed by atoms with Crippen LogP contribution in [-0.4, -0.2) is 63.1 Å². The van der Waals surface area contributed by atoms with Crippen molar-refractivity contribution in [3.63, 3.8) is 0 Å². The first kappa shape index (κ1) is 24.6. The second-order valence-corrected chi connectivity index (χ2v) is 9.38. The fraction of sp³-hybridized carbons (Fsp3) is 0.407. The molecular weight excluding hydrogens is 472 g/mol. The Balaban J connectivity index is 1.67. The molecule has 1 aliphatic heterocycles. The number of urea groups is 1. The van der Waals surface area contributed by atoms with E-state index in [0.29, 0.717) is 23.6 Å². The van der Waals surface area contributed by atoms with Gasteiger partial charge in [-0.1, -0.05) is 0 Å². The van der Waals surface area contributed by atoms with Gasteiger partial charge in [-0.05, 0) is 57.9 Å². The molecule has 0 aromatic carbocycles. The van der Waals surface area contributed by atoms with Crippen LogP contribution in [0.3, 0.4) is 0 Å². The van der Waals surface area contributed by atoms with Crippen LogP contribution in [0, 0.1) is 6.92 Å². The summed E-state index contributed by atoms with van der Waals surface area (Å²) in [5.41, 5.74) is 5.29. The van der Waals surface area contributed by atoms with Gasteiger partial charge in [0.25, 0.3) is 0 Å². The molecule has 0 saturated heterocycles. The molecule has 37 heavy (non-hydrogen) atoms. The third kappa shape index (κ3) is 4.36. The van der Waals surface area contributed by atoms with Crippen molar-refractivity contribution in [2.24, 2.45) is 0 Å². The van der Waals surface area contributed by atoms with Gasteiger partial charge >= 0.3 is 12.0 Å². The lowest BCUT2D eigenvalue weighted by Gasteiger charge is -2.22. The van der Waals surface area contributed by atoms with Gasteiger partial charge < -0.3 is 24.3 Å². The van der Waals surface area contributed by atoms with Crippen LogP contribution in [0.4, 0.5) is 4.79 Å². The molecule has 10 nitrogen and oxygen atoms in total. The number of imidazole rings is 1. The molecule has 0 spiro atoms. The van der Waals surface area contributed by atoms with Crippen molar-refractivity contribution in [1.82, 2.24) is 29.2 Å². The van der Waals surface area contributed by atoms with Crippen molar-refractivity contribution in [3.8, 4) is 17.3 Å². The minimum atomic E-state index is -0.413. The molecule has 10 heteroatoms. The van der Waals surface area contributed by atoms with Gasteiger partial charge in [0.05, 0.1) is 42.4 Å². The second-order valence-electron chi connectivity index (χ2n) is 9.38. The molecular formula is C27H32N6O4. The first-order valence-electron chi connectivity index (χ1n) is 12.6. The van der Waals surface area contributed by atoms with E-state index in [4.69, 9.17) is 19.4 Å². The number of pyridine rings is 2. The lowest BCUT2D eigenvalue weighted by Crippen LogP contribution is -2.39. The van der Waals surface area contributed by atoms with Gasteiger partial charge in [0.2, 0.25) is 0 Å². The number of carbonyl (C=O) groups excluding carboxylic acids is 2. The Morgan fingerprint density at radius 1 is 1.16 bits per heavy atom. The van der Waals surface area contributed by atoms with Gasteiger partial charge in [-0.15, -0.1) is 0 Å². The first-order chi connectivity index (χ1) is 17.8. The van der Waals surface area contributed by atoms with Crippen molar-refractivity contribution < 1.29 is 19.1 Å². The van der Waals surface area contributed by atoms with Crippen molar-refractivity contribution in [3.05, 3.63) is 47.3 Å². The van der Waals surface area contributed by atoms with E-state index in [1.807, 2.05) is 37.4 Å². The first-order valence-corrected chi connectivity index (χ1v) is 12.6. The lowest BCUT2D eigenvalue weighted by atomic mass is 10.2. The van der Waals surface area contributed by atoms with Gasteiger partial charge in [0, 0.05) is 31.6 Å². The Morgan fingerprint density at radius 3 is 2.70 bits per heavy atom. The SMILES string of the molecule is CCOC(=O)c1cc(OC)n2c(C)c(-c3cc4ccc5nc4n3CCCCN(C)C(=O)N[C@@H]5C)nc2c1. The molecule has 0 unspecified atom stereocenters. The summed E-state index contributed by atoms with van der Waals surface area (Å²) in [6.07, 6.45) is 1.73. The van der Waals surface area contributed by atoms with Gasteiger partial charge in [-0.2, -0.15) is 0 Å². The molecule has 0 aliphatic carbocycles. The van der Waals surface area contributed by atoms with E-state index in [1.165, 1.54) is 0 Å². The molecule has 4 aromatic heterocycles. The van der Waals surface area contributed by atoms with Crippen LogP contribution >= 0.6 is 0 Å². The van der Waals surface area contributed by atoms with Crippen molar-refractivity contribution >= 4 is 28.7 Å². The monoisotopic (exact) mass is 504 g/mol. The number of methoxy groups -OCH3 is 1. The average Bonchev–Trinajstić information content (AvgIpc) is 3.41. The summed E-state index contributed by atoms with van der Waals surface area (Å²) >= 11 is 0. The maximum Gasteiger partial charge on any atom is 0.338 e. The minimum absolute atomic E-state index is 0.0949. The maximum absolute atomic E-state index is 12.5. The highest BCUT2D eigenvalue weighted by molar-refractivity contribution is 5.91. The minimum Gasteiger partial charge on any atom is -0.482 e. The third-order valence-corrected chi connectivity index (χ3v) is 6.90. The molecule has 1 atom stereocenters. The molecule has 1 aliphatic rings. The second kappa shape index (κ2) is 9.76. The lowest BCUT2D eigenvalue weighted by molar-refractivity contribution is 0.0526. The van der Waals surface area contributed by atoms with E-state index >= 15 is 0 Å². The van der Waals surface area contributed by atoms with Crippen molar-refractivity contribution in [2.75, 3.05) is 27.3 Å². The van der Waals surface area contributed by atoms with Crippen molar-refractivity contribution in [1.29, 1.82) is 0 Å². The Kier molecular flexibility index (Phi) is 6.49. The number of hydrogen-bond donors (Lipinski definition) is 1. The smallest absolute Gasteiger partial charge is 0.338 e. The van der Waals surface area contributed by atoms with Crippen LogP contribution in [-0.2, 0) is 11.3 Å². The zero-order valence-electron chi connectivity index (χ0n) is 21.9. The summed E-state index contributed by atoms with van der Waals surface area (Å²) in [5.74, 6) is 0.0959. The standard InChI is InChI=1S/C27H32N6O4/c1-6-37-26(34)19-14-22-30-24(17(3)33(22)23(15-19)36-5)21-13-18-9-10-20-16(2)28-27(35)31(4)11-7-8-12-32(21)25(18)29-20/h9-10,13-16H,6-8,11-12H2,1-5H3,(H,28,35)/t16-/m1/s1. The Labute approximate surface area is 215 Å². The molecule has 194 valence electrons. The number of fused-ring (bicyclic) bond motifs is 2. The highest BCUT2D eigenvalue weighted by atomic mass is 16.5. The van der Waals surface area contributed by atoms with E-state index in [-0.39, 0.29) is 18.7 Å². The molecule has 2 bridgehead atoms. The van der Waals surface area contributed by atoms with E-state index < -0.39 is 5.97 Å². The highest BCUT2D eigenvalue weighted by Crippen LogP contribution is 2.33. The molecule has 2 amide bonds. The molecule has 5 heterocycles. The number of carbonyl (C=O) groups is 2. The number of aryl methyl sites for hydroxylation is 2. The van der Waals surface area contributed by atoms with Crippen LogP contribution in [0.25, 0.3) is 28.1 Å². The number of hydrogen-bond acceptors (Lipinski definition) is 6. The summed E-state index contributed by atoms with van der Waals surface area (Å²) in [6.45, 7) is 7.41. The topological polar surface area (TPSA) is 103 Å². The normalized spacial score (nSPS) is 16.5. The van der Waals surface area contributed by atoms with E-state index in [9.17, 15) is 9.59 Å². The number of nitrogens with zero attached hydrogens (tertiary/aromatic N) is 5. The molecule has 5 rings (SSSR count). The summed E-state index contributed by atoms with van der Waals surface area (Å²) in [6, 6.07) is 9.19. The summed E-state index contributed by atoms with van der Waals surface area (Å²) in [5, 5.41) is 4.04. The Bertz CT molecular complexity index is 1500. The van der Waals surface area contributed by atoms with E-state index in [1.54, 1.807) is 31.1 Å². The van der Waals surface area contributed by atoms with Crippen LogP contribution in [0.1, 0.15) is 54.5 Å². The zero-order valence-corrected chi connectivity index (χ0v) is 21.9. The number of rotatable bonds is 4. The number of ether oxygens (including phenoxy) is 2. The summed E-state index contributed by atoms with van der Waals surface area (Å²) in [7, 11) is 3.39. The van der Waals surface area contributed by atoms with Crippen LogP contribution in [0.5, 0.6) is 5.88 Å². The van der Waals surface area contributed by atoms with Crippen LogP contribution in [0.2, 0.25) is 0 Å². The Morgan fingerprint density at radius 2 is 1.95 bits per heavy atom. The van der Waals surface area contributed by atoms with E-state index in [0.717, 1.165) is 53.2 Å². The zero-order chi connectivity index (χ0) is 26.3. The van der Waals surface area contributed by atoms with Gasteiger partial charge in [0.15, 0.2) is 5.88 Å². The van der Waals surface area contributed by atoms with Gasteiger partial charge in [0.1, 0.15) is 17.0 Å².